The van der Waals surface area contributed by atoms with Crippen LogP contribution in [0.25, 0.3) is 0 Å². The summed E-state index contributed by atoms with van der Waals surface area (Å²) in [7, 11) is 1.46. The lowest BCUT2D eigenvalue weighted by atomic mass is 10.2. The van der Waals surface area contributed by atoms with Crippen molar-refractivity contribution < 1.29 is 22.6 Å². The highest BCUT2D eigenvalue weighted by molar-refractivity contribution is 5.56. The van der Waals surface area contributed by atoms with E-state index in [1.165, 1.54) is 19.2 Å². The Labute approximate surface area is 113 Å². The number of halogens is 3. The molecule has 2 N–H and O–H groups in total. The molecular formula is C13H11F3N2O2. The number of methoxy groups -OCH3 is 1. The maximum Gasteiger partial charge on any atom is 0.416 e. The van der Waals surface area contributed by atoms with Gasteiger partial charge in [0.25, 0.3) is 0 Å². The minimum atomic E-state index is -4.46. The number of benzene rings is 1. The summed E-state index contributed by atoms with van der Waals surface area (Å²) in [6.45, 7) is 0. The Morgan fingerprint density at radius 3 is 2.55 bits per heavy atom. The van der Waals surface area contributed by atoms with Gasteiger partial charge in [-0.2, -0.15) is 13.2 Å². The van der Waals surface area contributed by atoms with Gasteiger partial charge in [0.2, 0.25) is 5.88 Å². The SMILES string of the molecule is COc1ccc(N)c(Oc2cc(C(F)(F)F)ccn2)c1. The Balaban J connectivity index is 2.30. The third-order valence-corrected chi connectivity index (χ3v) is 2.50. The number of alkyl halides is 3. The van der Waals surface area contributed by atoms with Gasteiger partial charge in [0.15, 0.2) is 5.75 Å². The summed E-state index contributed by atoms with van der Waals surface area (Å²) >= 11 is 0. The van der Waals surface area contributed by atoms with Crippen molar-refractivity contribution in [2.24, 2.45) is 0 Å². The number of anilines is 1. The number of nitrogens with zero attached hydrogens (tertiary/aromatic N) is 1. The molecule has 1 aromatic heterocycles. The van der Waals surface area contributed by atoms with Crippen LogP contribution in [0.2, 0.25) is 0 Å². The zero-order valence-electron chi connectivity index (χ0n) is 10.4. The number of ether oxygens (including phenoxy) is 2. The second-order valence-electron chi connectivity index (χ2n) is 3.89. The van der Waals surface area contributed by atoms with Crippen LogP contribution in [0.4, 0.5) is 18.9 Å². The number of aromatic nitrogens is 1. The number of nitrogens with two attached hydrogens (primary N) is 1. The van der Waals surface area contributed by atoms with Crippen molar-refractivity contribution in [3.05, 3.63) is 42.1 Å². The first-order chi connectivity index (χ1) is 9.40. The van der Waals surface area contributed by atoms with Gasteiger partial charge in [0.1, 0.15) is 5.75 Å². The summed E-state index contributed by atoms with van der Waals surface area (Å²) in [4.78, 5) is 3.73. The van der Waals surface area contributed by atoms with Crippen LogP contribution >= 0.6 is 0 Å². The minimum Gasteiger partial charge on any atom is -0.497 e. The quantitative estimate of drug-likeness (QED) is 0.877. The summed E-state index contributed by atoms with van der Waals surface area (Å²) in [5.41, 5.74) is 5.11. The molecule has 0 spiro atoms. The van der Waals surface area contributed by atoms with Gasteiger partial charge in [0.05, 0.1) is 18.4 Å². The van der Waals surface area contributed by atoms with Crippen LogP contribution in [0, 0.1) is 0 Å². The van der Waals surface area contributed by atoms with Crippen LogP contribution in [0.3, 0.4) is 0 Å². The van der Waals surface area contributed by atoms with Gasteiger partial charge >= 0.3 is 6.18 Å². The third kappa shape index (κ3) is 3.11. The average molecular weight is 284 g/mol. The molecule has 0 saturated heterocycles. The topological polar surface area (TPSA) is 57.4 Å². The van der Waals surface area contributed by atoms with E-state index in [0.717, 1.165) is 18.3 Å². The molecule has 2 aromatic rings. The van der Waals surface area contributed by atoms with Crippen LogP contribution in [0.1, 0.15) is 5.56 Å². The highest BCUT2D eigenvalue weighted by Crippen LogP contribution is 2.34. The van der Waals surface area contributed by atoms with Crippen LogP contribution in [0.5, 0.6) is 17.4 Å². The molecule has 1 aromatic carbocycles. The smallest absolute Gasteiger partial charge is 0.416 e. The minimum absolute atomic E-state index is 0.177. The first-order valence-electron chi connectivity index (χ1n) is 5.55. The van der Waals surface area contributed by atoms with E-state index in [-0.39, 0.29) is 17.3 Å². The number of hydrogen-bond acceptors (Lipinski definition) is 4. The maximum absolute atomic E-state index is 12.6. The van der Waals surface area contributed by atoms with Gasteiger partial charge in [-0.15, -0.1) is 0 Å². The zero-order chi connectivity index (χ0) is 14.8. The van der Waals surface area contributed by atoms with Crippen LogP contribution in [-0.4, -0.2) is 12.1 Å². The van der Waals surface area contributed by atoms with Crippen molar-refractivity contribution in [1.82, 2.24) is 4.98 Å². The molecular weight excluding hydrogens is 273 g/mol. The van der Waals surface area contributed by atoms with Crippen molar-refractivity contribution in [2.75, 3.05) is 12.8 Å². The molecule has 0 bridgehead atoms. The van der Waals surface area contributed by atoms with Crippen molar-refractivity contribution in [3.8, 4) is 17.4 Å². The summed E-state index contributed by atoms with van der Waals surface area (Å²) in [6.07, 6.45) is -3.44. The first-order valence-corrected chi connectivity index (χ1v) is 5.55. The number of hydrogen-bond donors (Lipinski definition) is 1. The van der Waals surface area contributed by atoms with Crippen LogP contribution < -0.4 is 15.2 Å². The lowest BCUT2D eigenvalue weighted by Gasteiger charge is -2.11. The van der Waals surface area contributed by atoms with E-state index in [1.807, 2.05) is 0 Å². The van der Waals surface area contributed by atoms with E-state index in [9.17, 15) is 13.2 Å². The Morgan fingerprint density at radius 1 is 1.15 bits per heavy atom. The van der Waals surface area contributed by atoms with E-state index in [0.29, 0.717) is 5.75 Å². The van der Waals surface area contributed by atoms with Gasteiger partial charge in [-0.1, -0.05) is 0 Å². The van der Waals surface area contributed by atoms with Gasteiger partial charge in [-0.25, -0.2) is 4.98 Å². The Morgan fingerprint density at radius 2 is 1.90 bits per heavy atom. The summed E-state index contributed by atoms with van der Waals surface area (Å²) in [5.74, 6) is 0.456. The molecule has 1 heterocycles. The molecule has 0 saturated carbocycles. The molecule has 106 valence electrons. The largest absolute Gasteiger partial charge is 0.497 e. The Kier molecular flexibility index (Phi) is 3.69. The van der Waals surface area contributed by atoms with Gasteiger partial charge in [-0.05, 0) is 18.2 Å². The molecule has 0 amide bonds. The lowest BCUT2D eigenvalue weighted by molar-refractivity contribution is -0.137. The molecule has 0 atom stereocenters. The molecule has 0 aliphatic rings. The molecule has 0 fully saturated rings. The Hall–Kier alpha value is -2.44. The molecule has 7 heteroatoms. The van der Waals surface area contributed by atoms with Gasteiger partial charge < -0.3 is 15.2 Å². The first kappa shape index (κ1) is 14.0. The molecule has 0 unspecified atom stereocenters. The van der Waals surface area contributed by atoms with E-state index >= 15 is 0 Å². The van der Waals surface area contributed by atoms with Crippen molar-refractivity contribution in [3.63, 3.8) is 0 Å². The predicted molar refractivity (Wildman–Crippen MR) is 66.7 cm³/mol. The summed E-state index contributed by atoms with van der Waals surface area (Å²) in [6, 6.07) is 6.28. The summed E-state index contributed by atoms with van der Waals surface area (Å²) in [5, 5.41) is 0. The molecule has 4 nitrogen and oxygen atoms in total. The fraction of sp³-hybridized carbons (Fsp3) is 0.154. The van der Waals surface area contributed by atoms with Crippen molar-refractivity contribution >= 4 is 5.69 Å². The third-order valence-electron chi connectivity index (χ3n) is 2.50. The molecule has 0 aliphatic heterocycles. The highest BCUT2D eigenvalue weighted by Gasteiger charge is 2.31. The van der Waals surface area contributed by atoms with E-state index in [2.05, 4.69) is 4.98 Å². The van der Waals surface area contributed by atoms with E-state index in [4.69, 9.17) is 15.2 Å². The Bertz CT molecular complexity index is 615. The lowest BCUT2D eigenvalue weighted by Crippen LogP contribution is -2.05. The number of nitrogen functional groups attached to an aromatic ring is 1. The number of rotatable bonds is 3. The normalized spacial score (nSPS) is 11.2. The van der Waals surface area contributed by atoms with Crippen LogP contribution in [0.15, 0.2) is 36.5 Å². The van der Waals surface area contributed by atoms with Crippen LogP contribution in [-0.2, 0) is 6.18 Å². The molecule has 20 heavy (non-hydrogen) atoms. The molecule has 2 rings (SSSR count). The van der Waals surface area contributed by atoms with E-state index < -0.39 is 11.7 Å². The van der Waals surface area contributed by atoms with Crippen molar-refractivity contribution in [1.29, 1.82) is 0 Å². The maximum atomic E-state index is 12.6. The van der Waals surface area contributed by atoms with Gasteiger partial charge in [0, 0.05) is 18.3 Å². The summed E-state index contributed by atoms with van der Waals surface area (Å²) < 4.78 is 48.0. The van der Waals surface area contributed by atoms with Gasteiger partial charge in [-0.3, -0.25) is 0 Å². The second kappa shape index (κ2) is 5.28. The molecule has 0 radical (unpaired) electrons. The average Bonchev–Trinajstić information content (AvgIpc) is 2.41. The standard InChI is InChI=1S/C13H11F3N2O2/c1-19-9-2-3-10(17)11(7-9)20-12-6-8(4-5-18-12)13(14,15)16/h2-7H,17H2,1H3. The fourth-order valence-corrected chi connectivity index (χ4v) is 1.48. The van der Waals surface area contributed by atoms with Crippen molar-refractivity contribution in [2.45, 2.75) is 6.18 Å². The monoisotopic (exact) mass is 284 g/mol. The number of pyridine rings is 1. The second-order valence-corrected chi connectivity index (χ2v) is 3.89. The fourth-order valence-electron chi connectivity index (χ4n) is 1.48. The molecule has 0 aliphatic carbocycles. The van der Waals surface area contributed by atoms with E-state index in [1.54, 1.807) is 6.07 Å². The predicted octanol–water partition coefficient (Wildman–Crippen LogP) is 3.48. The highest BCUT2D eigenvalue weighted by atomic mass is 19.4. The zero-order valence-corrected chi connectivity index (χ0v) is 10.4.